The highest BCUT2D eigenvalue weighted by Crippen LogP contribution is 2.69. The summed E-state index contributed by atoms with van der Waals surface area (Å²) in [6, 6.07) is 8.21. The van der Waals surface area contributed by atoms with Gasteiger partial charge in [0.05, 0.1) is 29.2 Å². The van der Waals surface area contributed by atoms with Gasteiger partial charge in [-0.1, -0.05) is 50.6 Å². The molecule has 3 amide bonds. The number of fused-ring (bicyclic) bond motifs is 1. The van der Waals surface area contributed by atoms with Crippen LogP contribution < -0.4 is 4.90 Å². The van der Waals surface area contributed by atoms with E-state index in [-0.39, 0.29) is 35.5 Å². The summed E-state index contributed by atoms with van der Waals surface area (Å²) in [7, 11) is 0. The molecule has 0 aliphatic carbocycles. The van der Waals surface area contributed by atoms with Crippen LogP contribution in [0.4, 0.5) is 5.69 Å². The van der Waals surface area contributed by atoms with Crippen molar-refractivity contribution in [2.24, 2.45) is 17.8 Å². The summed E-state index contributed by atoms with van der Waals surface area (Å²) in [5.74, 6) is -1.48. The van der Waals surface area contributed by atoms with Crippen LogP contribution in [0.1, 0.15) is 40.0 Å². The Morgan fingerprint density at radius 2 is 1.89 bits per heavy atom. The van der Waals surface area contributed by atoms with E-state index >= 15 is 0 Å². The SMILES string of the molecule is C=CCN(CCCC)C(=O)C1N([C@H](C)CO)C(=O)[C@@H]2[C@H](C(=O)N(CC=C)c3ccccc3)[C@@H]3CC(C)C12S3. The molecule has 3 aliphatic rings. The van der Waals surface area contributed by atoms with Crippen LogP contribution in [0, 0.1) is 17.8 Å². The van der Waals surface area contributed by atoms with Crippen LogP contribution >= 0.6 is 11.8 Å². The van der Waals surface area contributed by atoms with Crippen LogP contribution in [0.3, 0.4) is 0 Å². The van der Waals surface area contributed by atoms with Crippen LogP contribution in [0.15, 0.2) is 55.6 Å². The second kappa shape index (κ2) is 11.7. The number of likely N-dealkylation sites (tertiary alicyclic amines) is 1. The first-order valence-corrected chi connectivity index (χ1v) is 14.6. The maximum Gasteiger partial charge on any atom is 0.247 e. The number of benzene rings is 1. The lowest BCUT2D eigenvalue weighted by Crippen LogP contribution is -2.59. The van der Waals surface area contributed by atoms with E-state index in [0.717, 1.165) is 24.9 Å². The van der Waals surface area contributed by atoms with Crippen LogP contribution in [0.5, 0.6) is 0 Å². The van der Waals surface area contributed by atoms with Crippen molar-refractivity contribution in [1.29, 1.82) is 0 Å². The van der Waals surface area contributed by atoms with Gasteiger partial charge in [-0.3, -0.25) is 14.4 Å². The molecule has 3 fully saturated rings. The van der Waals surface area contributed by atoms with E-state index in [1.807, 2.05) is 30.3 Å². The third-order valence-electron chi connectivity index (χ3n) is 8.53. The van der Waals surface area contributed by atoms with Crippen molar-refractivity contribution in [3.63, 3.8) is 0 Å². The number of para-hydroxylation sites is 1. The van der Waals surface area contributed by atoms with Gasteiger partial charge in [-0.15, -0.1) is 24.9 Å². The fourth-order valence-electron chi connectivity index (χ4n) is 6.79. The number of hydrogen-bond donors (Lipinski definition) is 1. The monoisotopic (exact) mass is 539 g/mol. The molecule has 0 aromatic heterocycles. The van der Waals surface area contributed by atoms with Crippen LogP contribution in [0.25, 0.3) is 0 Å². The van der Waals surface area contributed by atoms with Crippen molar-refractivity contribution < 1.29 is 19.5 Å². The van der Waals surface area contributed by atoms with Gasteiger partial charge < -0.3 is 19.8 Å². The lowest BCUT2D eigenvalue weighted by atomic mass is 9.65. The normalized spacial score (nSPS) is 30.2. The summed E-state index contributed by atoms with van der Waals surface area (Å²) >= 11 is 1.67. The predicted octanol–water partition coefficient (Wildman–Crippen LogP) is 3.74. The molecule has 206 valence electrons. The molecule has 2 bridgehead atoms. The van der Waals surface area contributed by atoms with Gasteiger partial charge in [0.2, 0.25) is 17.7 Å². The molecule has 3 aliphatic heterocycles. The van der Waals surface area contributed by atoms with Crippen molar-refractivity contribution in [1.82, 2.24) is 9.80 Å². The second-order valence-electron chi connectivity index (χ2n) is 10.8. The Morgan fingerprint density at radius 1 is 1.21 bits per heavy atom. The lowest BCUT2D eigenvalue weighted by molar-refractivity contribution is -0.145. The third-order valence-corrected chi connectivity index (χ3v) is 10.6. The number of carbonyl (C=O) groups excluding carboxylic acids is 3. The molecule has 1 N–H and O–H groups in total. The van der Waals surface area contributed by atoms with E-state index < -0.39 is 28.7 Å². The minimum Gasteiger partial charge on any atom is -0.394 e. The summed E-state index contributed by atoms with van der Waals surface area (Å²) < 4.78 is -0.717. The van der Waals surface area contributed by atoms with Gasteiger partial charge in [0, 0.05) is 30.6 Å². The Labute approximate surface area is 230 Å². The maximum atomic E-state index is 14.3. The average Bonchev–Trinajstić information content (AvgIpc) is 3.52. The zero-order valence-corrected chi connectivity index (χ0v) is 23.6. The Bertz CT molecular complexity index is 1060. The first kappa shape index (κ1) is 28.4. The summed E-state index contributed by atoms with van der Waals surface area (Å²) in [5.41, 5.74) is 0.766. The Morgan fingerprint density at radius 3 is 2.50 bits per heavy atom. The quantitative estimate of drug-likeness (QED) is 0.410. The van der Waals surface area contributed by atoms with Crippen molar-refractivity contribution in [2.45, 2.75) is 62.1 Å². The zero-order chi connectivity index (χ0) is 27.6. The largest absolute Gasteiger partial charge is 0.394 e. The molecule has 0 radical (unpaired) electrons. The molecular weight excluding hydrogens is 498 g/mol. The van der Waals surface area contributed by atoms with Crippen molar-refractivity contribution in [2.75, 3.05) is 31.1 Å². The van der Waals surface area contributed by atoms with E-state index in [0.29, 0.717) is 19.6 Å². The predicted molar refractivity (Wildman–Crippen MR) is 153 cm³/mol. The van der Waals surface area contributed by atoms with E-state index in [9.17, 15) is 19.5 Å². The Balaban J connectivity index is 1.78. The fraction of sp³-hybridized carbons (Fsp3) is 0.567. The average molecular weight is 540 g/mol. The maximum absolute atomic E-state index is 14.3. The summed E-state index contributed by atoms with van der Waals surface area (Å²) in [4.78, 5) is 48.0. The number of thioether (sulfide) groups is 1. The van der Waals surface area contributed by atoms with E-state index in [1.54, 1.807) is 45.5 Å². The van der Waals surface area contributed by atoms with Gasteiger partial charge in [0.1, 0.15) is 6.04 Å². The second-order valence-corrected chi connectivity index (χ2v) is 12.4. The molecule has 1 aromatic carbocycles. The number of anilines is 1. The number of carbonyl (C=O) groups is 3. The van der Waals surface area contributed by atoms with E-state index in [1.165, 1.54) is 0 Å². The van der Waals surface area contributed by atoms with Gasteiger partial charge in [0.25, 0.3) is 0 Å². The van der Waals surface area contributed by atoms with Crippen molar-refractivity contribution in [3.8, 4) is 0 Å². The van der Waals surface area contributed by atoms with Crippen LogP contribution in [-0.4, -0.2) is 80.9 Å². The van der Waals surface area contributed by atoms with E-state index in [2.05, 4.69) is 27.0 Å². The molecule has 3 saturated heterocycles. The number of aliphatic hydroxyl groups is 1. The molecule has 1 aromatic rings. The summed E-state index contributed by atoms with van der Waals surface area (Å²) in [6.45, 7) is 14.8. The highest BCUT2D eigenvalue weighted by molar-refractivity contribution is 8.02. The van der Waals surface area contributed by atoms with Crippen molar-refractivity contribution >= 4 is 35.2 Å². The topological polar surface area (TPSA) is 81.2 Å². The molecular formula is C30H41N3O4S. The van der Waals surface area contributed by atoms with Gasteiger partial charge in [-0.05, 0) is 37.8 Å². The molecule has 8 heteroatoms. The molecule has 7 nitrogen and oxygen atoms in total. The van der Waals surface area contributed by atoms with Crippen LogP contribution in [-0.2, 0) is 14.4 Å². The fourth-order valence-corrected chi connectivity index (χ4v) is 9.19. The Kier molecular flexibility index (Phi) is 8.72. The molecule has 4 rings (SSSR count). The first-order chi connectivity index (χ1) is 18.3. The van der Waals surface area contributed by atoms with Gasteiger partial charge >= 0.3 is 0 Å². The number of hydrogen-bond acceptors (Lipinski definition) is 5. The Hall–Kier alpha value is -2.58. The number of nitrogens with zero attached hydrogens (tertiary/aromatic N) is 3. The van der Waals surface area contributed by atoms with Crippen LogP contribution in [0.2, 0.25) is 0 Å². The number of amides is 3. The summed E-state index contributed by atoms with van der Waals surface area (Å²) in [5, 5.41) is 10.1. The zero-order valence-electron chi connectivity index (χ0n) is 22.8. The molecule has 3 heterocycles. The standard InChI is InChI=1S/C30H41N3O4S/c1-6-9-17-31(15-7-2)29(37)26-30-20(4)18-23(38-30)24(25(30)28(36)33(26)21(5)19-34)27(35)32(16-8-3)22-13-11-10-12-14-22/h7-8,10-14,20-21,23-26,34H,2-3,6,9,15-19H2,1,4-5H3/t20?,21-,23+,24-,25+,26?,30?/m1/s1. The molecule has 7 atom stereocenters. The smallest absolute Gasteiger partial charge is 0.247 e. The minimum absolute atomic E-state index is 0.0483. The molecule has 38 heavy (non-hydrogen) atoms. The number of aliphatic hydroxyl groups excluding tert-OH is 1. The highest BCUT2D eigenvalue weighted by atomic mass is 32.2. The van der Waals surface area contributed by atoms with Gasteiger partial charge in [-0.2, -0.15) is 0 Å². The molecule has 1 spiro atoms. The third kappa shape index (κ3) is 4.49. The lowest BCUT2D eigenvalue weighted by Gasteiger charge is -2.42. The van der Waals surface area contributed by atoms with E-state index in [4.69, 9.17) is 0 Å². The van der Waals surface area contributed by atoms with Gasteiger partial charge in [0.15, 0.2) is 0 Å². The first-order valence-electron chi connectivity index (χ1n) is 13.8. The van der Waals surface area contributed by atoms with Gasteiger partial charge in [-0.25, -0.2) is 0 Å². The number of unbranched alkanes of at least 4 members (excludes halogenated alkanes) is 1. The van der Waals surface area contributed by atoms with Crippen molar-refractivity contribution in [3.05, 3.63) is 55.6 Å². The number of rotatable bonds is 12. The summed E-state index contributed by atoms with van der Waals surface area (Å²) in [6.07, 6.45) is 5.99. The molecule has 3 unspecified atom stereocenters. The highest BCUT2D eigenvalue weighted by Gasteiger charge is 2.76. The molecule has 0 saturated carbocycles. The minimum atomic E-state index is -0.730.